The predicted molar refractivity (Wildman–Crippen MR) is 89.1 cm³/mol. The van der Waals surface area contributed by atoms with Crippen molar-refractivity contribution in [2.45, 2.75) is 23.2 Å². The van der Waals surface area contributed by atoms with E-state index in [4.69, 9.17) is 0 Å². The van der Waals surface area contributed by atoms with Gasteiger partial charge in [0.05, 0.1) is 16.3 Å². The van der Waals surface area contributed by atoms with Crippen LogP contribution in [0.4, 0.5) is 5.69 Å². The van der Waals surface area contributed by atoms with Crippen LogP contribution >= 0.6 is 11.8 Å². The number of aromatic nitrogens is 2. The second-order valence-corrected chi connectivity index (χ2v) is 6.54. The highest BCUT2D eigenvalue weighted by Gasteiger charge is 2.25. The fraction of sp³-hybridized carbons (Fsp3) is 0.176. The standard InChI is InChI=1S/C17H15N3OS/c21-16-15(10-9-11-5-1-2-6-12(11)18-16)22-17-19-13-7-3-4-8-14(13)20-17/h1-8,15H,9-10H2,(H,18,21)(H,19,20). The molecule has 0 radical (unpaired) electrons. The molecule has 2 heterocycles. The molecule has 0 bridgehead atoms. The molecule has 4 rings (SSSR count). The first-order valence-electron chi connectivity index (χ1n) is 7.30. The summed E-state index contributed by atoms with van der Waals surface area (Å²) >= 11 is 1.50. The van der Waals surface area contributed by atoms with Crippen LogP contribution in [0.5, 0.6) is 0 Å². The number of benzene rings is 2. The highest BCUT2D eigenvalue weighted by Crippen LogP contribution is 2.31. The highest BCUT2D eigenvalue weighted by atomic mass is 32.2. The van der Waals surface area contributed by atoms with Crippen molar-refractivity contribution in [1.29, 1.82) is 0 Å². The van der Waals surface area contributed by atoms with Crippen molar-refractivity contribution in [3.8, 4) is 0 Å². The van der Waals surface area contributed by atoms with Crippen molar-refractivity contribution in [2.24, 2.45) is 0 Å². The van der Waals surface area contributed by atoms with Gasteiger partial charge in [0.15, 0.2) is 5.16 Å². The topological polar surface area (TPSA) is 57.8 Å². The zero-order valence-corrected chi connectivity index (χ0v) is 12.7. The molecule has 1 aliphatic rings. The van der Waals surface area contributed by atoms with Gasteiger partial charge >= 0.3 is 0 Å². The molecule has 4 nitrogen and oxygen atoms in total. The van der Waals surface area contributed by atoms with Crippen LogP contribution in [0.1, 0.15) is 12.0 Å². The van der Waals surface area contributed by atoms with Crippen LogP contribution < -0.4 is 5.32 Å². The quantitative estimate of drug-likeness (QED) is 0.760. The second-order valence-electron chi connectivity index (χ2n) is 5.35. The first-order chi connectivity index (χ1) is 10.8. The van der Waals surface area contributed by atoms with Crippen LogP contribution in [0.2, 0.25) is 0 Å². The molecule has 3 aromatic rings. The fourth-order valence-corrected chi connectivity index (χ4v) is 3.71. The average molecular weight is 309 g/mol. The summed E-state index contributed by atoms with van der Waals surface area (Å²) in [5.41, 5.74) is 4.06. The number of thioether (sulfide) groups is 1. The van der Waals surface area contributed by atoms with Gasteiger partial charge in [0.2, 0.25) is 5.91 Å². The van der Waals surface area contributed by atoms with Gasteiger partial charge in [-0.15, -0.1) is 0 Å². The number of carbonyl (C=O) groups excluding carboxylic acids is 1. The number of nitrogens with zero attached hydrogens (tertiary/aromatic N) is 1. The molecule has 0 aliphatic carbocycles. The number of aryl methyl sites for hydroxylation is 1. The van der Waals surface area contributed by atoms with Gasteiger partial charge in [-0.2, -0.15) is 0 Å². The molecule has 0 fully saturated rings. The molecule has 1 aliphatic heterocycles. The van der Waals surface area contributed by atoms with Crippen LogP contribution in [0.25, 0.3) is 11.0 Å². The third-order valence-corrected chi connectivity index (χ3v) is 5.02. The fourth-order valence-electron chi connectivity index (χ4n) is 2.72. The Morgan fingerprint density at radius 3 is 2.82 bits per heavy atom. The largest absolute Gasteiger partial charge is 0.333 e. The van der Waals surface area contributed by atoms with Crippen LogP contribution in [-0.2, 0) is 11.2 Å². The smallest absolute Gasteiger partial charge is 0.237 e. The van der Waals surface area contributed by atoms with Crippen molar-refractivity contribution in [3.63, 3.8) is 0 Å². The monoisotopic (exact) mass is 309 g/mol. The molecule has 1 atom stereocenters. The number of hydrogen-bond acceptors (Lipinski definition) is 3. The number of amides is 1. The number of fused-ring (bicyclic) bond motifs is 2. The van der Waals surface area contributed by atoms with Crippen LogP contribution in [0, 0.1) is 0 Å². The summed E-state index contributed by atoms with van der Waals surface area (Å²) < 4.78 is 0. The Balaban J connectivity index is 1.57. The molecule has 5 heteroatoms. The number of imidazole rings is 1. The Labute approximate surface area is 132 Å². The van der Waals surface area contributed by atoms with Gasteiger partial charge in [0.25, 0.3) is 0 Å². The minimum Gasteiger partial charge on any atom is -0.333 e. The first kappa shape index (κ1) is 13.4. The lowest BCUT2D eigenvalue weighted by atomic mass is 10.1. The summed E-state index contributed by atoms with van der Waals surface area (Å²) in [4.78, 5) is 20.2. The molecule has 0 saturated heterocycles. The number of nitrogens with one attached hydrogen (secondary N) is 2. The summed E-state index contributed by atoms with van der Waals surface area (Å²) in [7, 11) is 0. The summed E-state index contributed by atoms with van der Waals surface area (Å²) in [6.07, 6.45) is 1.71. The van der Waals surface area contributed by atoms with Crippen molar-refractivity contribution in [1.82, 2.24) is 9.97 Å². The number of anilines is 1. The molecule has 1 aromatic heterocycles. The van der Waals surface area contributed by atoms with E-state index in [2.05, 4.69) is 21.4 Å². The van der Waals surface area contributed by atoms with E-state index in [-0.39, 0.29) is 11.2 Å². The van der Waals surface area contributed by atoms with Gasteiger partial charge in [-0.3, -0.25) is 4.79 Å². The lowest BCUT2D eigenvalue weighted by Crippen LogP contribution is -2.23. The van der Waals surface area contributed by atoms with Crippen LogP contribution in [-0.4, -0.2) is 21.1 Å². The Bertz CT molecular complexity index is 810. The Morgan fingerprint density at radius 1 is 1.09 bits per heavy atom. The van der Waals surface area contributed by atoms with Crippen LogP contribution in [0.3, 0.4) is 0 Å². The Morgan fingerprint density at radius 2 is 1.91 bits per heavy atom. The van der Waals surface area contributed by atoms with E-state index >= 15 is 0 Å². The zero-order valence-electron chi connectivity index (χ0n) is 11.9. The molecule has 2 N–H and O–H groups in total. The summed E-state index contributed by atoms with van der Waals surface area (Å²) in [5.74, 6) is 0.0513. The van der Waals surface area contributed by atoms with Crippen LogP contribution in [0.15, 0.2) is 53.7 Å². The number of para-hydroxylation sites is 3. The van der Waals surface area contributed by atoms with Gasteiger partial charge in [-0.05, 0) is 36.6 Å². The predicted octanol–water partition coefficient (Wildman–Crippen LogP) is 3.61. The molecule has 1 unspecified atom stereocenters. The van der Waals surface area contributed by atoms with Gasteiger partial charge in [-0.25, -0.2) is 4.98 Å². The molecule has 110 valence electrons. The van der Waals surface area contributed by atoms with Crippen molar-refractivity contribution in [2.75, 3.05) is 5.32 Å². The third kappa shape index (κ3) is 2.48. The van der Waals surface area contributed by atoms with Gasteiger partial charge < -0.3 is 10.3 Å². The van der Waals surface area contributed by atoms with E-state index in [1.165, 1.54) is 17.3 Å². The Hall–Kier alpha value is -2.27. The molecule has 22 heavy (non-hydrogen) atoms. The minimum atomic E-state index is -0.132. The van der Waals surface area contributed by atoms with Gasteiger partial charge in [-0.1, -0.05) is 42.1 Å². The number of hydrogen-bond donors (Lipinski definition) is 2. The third-order valence-electron chi connectivity index (χ3n) is 3.87. The molecule has 0 spiro atoms. The first-order valence-corrected chi connectivity index (χ1v) is 8.18. The van der Waals surface area contributed by atoms with Crippen molar-refractivity contribution >= 4 is 34.4 Å². The minimum absolute atomic E-state index is 0.0513. The maximum Gasteiger partial charge on any atom is 0.237 e. The number of carbonyl (C=O) groups is 1. The number of aromatic amines is 1. The van der Waals surface area contributed by atoms with E-state index in [1.54, 1.807) is 0 Å². The average Bonchev–Trinajstić information content (AvgIpc) is 2.87. The van der Waals surface area contributed by atoms with E-state index in [1.807, 2.05) is 42.5 Å². The zero-order chi connectivity index (χ0) is 14.9. The normalized spacial score (nSPS) is 17.8. The lowest BCUT2D eigenvalue weighted by Gasteiger charge is -2.10. The second kappa shape index (κ2) is 5.50. The van der Waals surface area contributed by atoms with Gasteiger partial charge in [0, 0.05) is 5.69 Å². The molecule has 0 saturated carbocycles. The molecular formula is C17H15N3OS. The van der Waals surface area contributed by atoms with E-state index in [0.717, 1.165) is 34.7 Å². The van der Waals surface area contributed by atoms with Gasteiger partial charge in [0.1, 0.15) is 0 Å². The highest BCUT2D eigenvalue weighted by molar-refractivity contribution is 8.00. The SMILES string of the molecule is O=C1Nc2ccccc2CCC1Sc1nc2ccccc2[nH]1. The number of rotatable bonds is 2. The molecule has 1 amide bonds. The lowest BCUT2D eigenvalue weighted by molar-refractivity contribution is -0.115. The summed E-state index contributed by atoms with van der Waals surface area (Å²) in [6, 6.07) is 15.9. The van der Waals surface area contributed by atoms with E-state index in [9.17, 15) is 4.79 Å². The molecule has 2 aromatic carbocycles. The Kier molecular flexibility index (Phi) is 3.35. The van der Waals surface area contributed by atoms with Crippen molar-refractivity contribution in [3.05, 3.63) is 54.1 Å². The summed E-state index contributed by atoms with van der Waals surface area (Å²) in [5, 5.41) is 3.69. The maximum atomic E-state index is 12.4. The van der Waals surface area contributed by atoms with E-state index < -0.39 is 0 Å². The summed E-state index contributed by atoms with van der Waals surface area (Å²) in [6.45, 7) is 0. The molecular weight excluding hydrogens is 294 g/mol. The maximum absolute atomic E-state index is 12.4. The number of H-pyrrole nitrogens is 1. The van der Waals surface area contributed by atoms with E-state index in [0.29, 0.717) is 0 Å². The van der Waals surface area contributed by atoms with Crippen molar-refractivity contribution < 1.29 is 4.79 Å².